The molecular weight excluding hydrogens is 227 g/mol. The van der Waals surface area contributed by atoms with Gasteiger partial charge in [-0.2, -0.15) is 0 Å². The molecule has 74 valence electrons. The average molecular weight is 233 g/mol. The summed E-state index contributed by atoms with van der Waals surface area (Å²) in [6.07, 6.45) is 0. The predicted molar refractivity (Wildman–Crippen MR) is 52.6 cm³/mol. The van der Waals surface area contributed by atoms with Crippen LogP contribution in [0.5, 0.6) is 11.5 Å². The molecule has 0 radical (unpaired) electrons. The molecule has 5 heteroatoms. The van der Waals surface area contributed by atoms with Crippen molar-refractivity contribution in [3.8, 4) is 11.5 Å². The van der Waals surface area contributed by atoms with Gasteiger partial charge in [0.05, 0.1) is 10.6 Å². The molecule has 0 amide bonds. The van der Waals surface area contributed by atoms with Gasteiger partial charge in [0.1, 0.15) is 13.2 Å². The van der Waals surface area contributed by atoms with Crippen LogP contribution in [0.3, 0.4) is 0 Å². The highest BCUT2D eigenvalue weighted by molar-refractivity contribution is 6.68. The highest BCUT2D eigenvalue weighted by Crippen LogP contribution is 2.40. The van der Waals surface area contributed by atoms with E-state index >= 15 is 0 Å². The van der Waals surface area contributed by atoms with Crippen molar-refractivity contribution in [1.82, 2.24) is 0 Å². The molecule has 0 spiro atoms. The zero-order valence-corrected chi connectivity index (χ0v) is 8.56. The van der Waals surface area contributed by atoms with Crippen LogP contribution in [-0.4, -0.2) is 18.5 Å². The van der Waals surface area contributed by atoms with Crippen molar-refractivity contribution in [3.05, 3.63) is 22.7 Å². The van der Waals surface area contributed by atoms with Gasteiger partial charge in [-0.3, -0.25) is 4.79 Å². The Balaban J connectivity index is 2.59. The Morgan fingerprint density at radius 3 is 2.50 bits per heavy atom. The van der Waals surface area contributed by atoms with Gasteiger partial charge in [-0.1, -0.05) is 11.6 Å². The molecular formula is C9H6Cl2O3. The van der Waals surface area contributed by atoms with Gasteiger partial charge in [0.2, 0.25) is 0 Å². The van der Waals surface area contributed by atoms with E-state index in [0.717, 1.165) is 0 Å². The van der Waals surface area contributed by atoms with E-state index in [9.17, 15) is 4.79 Å². The summed E-state index contributed by atoms with van der Waals surface area (Å²) in [5.41, 5.74) is 0.283. The van der Waals surface area contributed by atoms with Gasteiger partial charge in [0, 0.05) is 0 Å². The second-order valence-corrected chi connectivity index (χ2v) is 3.47. The average Bonchev–Trinajstić information content (AvgIpc) is 2.18. The summed E-state index contributed by atoms with van der Waals surface area (Å²) in [7, 11) is 0. The van der Waals surface area contributed by atoms with Crippen molar-refractivity contribution in [2.45, 2.75) is 0 Å². The fourth-order valence-electron chi connectivity index (χ4n) is 1.26. The van der Waals surface area contributed by atoms with Crippen LogP contribution < -0.4 is 9.47 Å². The maximum absolute atomic E-state index is 11.0. The van der Waals surface area contributed by atoms with E-state index < -0.39 is 5.24 Å². The molecule has 0 saturated heterocycles. The van der Waals surface area contributed by atoms with E-state index in [1.54, 1.807) is 6.07 Å². The summed E-state index contributed by atoms with van der Waals surface area (Å²) < 4.78 is 10.6. The minimum Gasteiger partial charge on any atom is -0.485 e. The summed E-state index contributed by atoms with van der Waals surface area (Å²) in [5, 5.41) is -0.162. The molecule has 1 aliphatic heterocycles. The van der Waals surface area contributed by atoms with Gasteiger partial charge >= 0.3 is 0 Å². The minimum absolute atomic E-state index is 0.283. The molecule has 1 heterocycles. The van der Waals surface area contributed by atoms with Crippen LogP contribution >= 0.6 is 23.2 Å². The van der Waals surface area contributed by atoms with Gasteiger partial charge < -0.3 is 9.47 Å². The minimum atomic E-state index is -0.580. The number of ether oxygens (including phenoxy) is 2. The van der Waals surface area contributed by atoms with Crippen molar-refractivity contribution >= 4 is 28.4 Å². The van der Waals surface area contributed by atoms with Crippen LogP contribution in [0.1, 0.15) is 10.4 Å². The Bertz CT molecular complexity index is 390. The first-order valence-electron chi connectivity index (χ1n) is 3.98. The number of halogens is 2. The highest BCUT2D eigenvalue weighted by atomic mass is 35.5. The molecule has 1 aromatic rings. The van der Waals surface area contributed by atoms with Gasteiger partial charge in [-0.25, -0.2) is 0 Å². The number of fused-ring (bicyclic) bond motifs is 1. The number of carbonyl (C=O) groups is 1. The number of rotatable bonds is 1. The van der Waals surface area contributed by atoms with Crippen LogP contribution in [0.4, 0.5) is 0 Å². The van der Waals surface area contributed by atoms with Crippen molar-refractivity contribution in [1.29, 1.82) is 0 Å². The summed E-state index contributed by atoms with van der Waals surface area (Å²) in [6.45, 7) is 0.817. The smallest absolute Gasteiger partial charge is 0.256 e. The standard InChI is InChI=1S/C9H6Cl2O3/c10-6-2-1-5(9(11)12)7-8(6)14-4-3-13-7/h1-2H,3-4H2. The number of hydrogen-bond donors (Lipinski definition) is 0. The maximum atomic E-state index is 11.0. The first-order chi connectivity index (χ1) is 6.70. The molecule has 0 bridgehead atoms. The van der Waals surface area contributed by atoms with Crippen LogP contribution in [0.25, 0.3) is 0 Å². The first kappa shape index (κ1) is 9.62. The number of hydrogen-bond acceptors (Lipinski definition) is 3. The Kier molecular flexibility index (Phi) is 2.52. The van der Waals surface area contributed by atoms with Gasteiger partial charge in [-0.15, -0.1) is 0 Å². The van der Waals surface area contributed by atoms with Gasteiger partial charge in [0.15, 0.2) is 11.5 Å². The monoisotopic (exact) mass is 232 g/mol. The second kappa shape index (κ2) is 3.67. The lowest BCUT2D eigenvalue weighted by Crippen LogP contribution is -2.17. The molecule has 14 heavy (non-hydrogen) atoms. The first-order valence-corrected chi connectivity index (χ1v) is 4.73. The molecule has 2 rings (SSSR count). The predicted octanol–water partition coefficient (Wildman–Crippen LogP) is 2.49. The topological polar surface area (TPSA) is 35.5 Å². The molecule has 0 N–H and O–H groups in total. The second-order valence-electron chi connectivity index (χ2n) is 2.72. The normalized spacial score (nSPS) is 13.9. The van der Waals surface area contributed by atoms with Gasteiger partial charge in [0.25, 0.3) is 5.24 Å². The van der Waals surface area contributed by atoms with Crippen LogP contribution in [0.15, 0.2) is 12.1 Å². The van der Waals surface area contributed by atoms with E-state index in [1.807, 2.05) is 0 Å². The molecule has 3 nitrogen and oxygen atoms in total. The molecule has 0 fully saturated rings. The number of carbonyl (C=O) groups excluding carboxylic acids is 1. The Morgan fingerprint density at radius 2 is 1.86 bits per heavy atom. The van der Waals surface area contributed by atoms with Crippen LogP contribution in [0.2, 0.25) is 5.02 Å². The summed E-state index contributed by atoms with van der Waals surface area (Å²) >= 11 is 11.2. The lowest BCUT2D eigenvalue weighted by Gasteiger charge is -2.20. The Hall–Kier alpha value is -0.930. The van der Waals surface area contributed by atoms with Crippen molar-refractivity contribution < 1.29 is 14.3 Å². The highest BCUT2D eigenvalue weighted by Gasteiger charge is 2.21. The summed E-state index contributed by atoms with van der Waals surface area (Å²) in [5.74, 6) is 0.730. The van der Waals surface area contributed by atoms with Crippen LogP contribution in [0, 0.1) is 0 Å². The number of benzene rings is 1. The lowest BCUT2D eigenvalue weighted by atomic mass is 10.2. The lowest BCUT2D eigenvalue weighted by molar-refractivity contribution is 0.107. The third-order valence-corrected chi connectivity index (χ3v) is 2.35. The molecule has 0 aromatic heterocycles. The fourth-order valence-corrected chi connectivity index (χ4v) is 1.61. The van der Waals surface area contributed by atoms with E-state index in [1.165, 1.54) is 6.07 Å². The van der Waals surface area contributed by atoms with E-state index in [0.29, 0.717) is 29.7 Å². The molecule has 0 aliphatic carbocycles. The molecule has 0 unspecified atom stereocenters. The third kappa shape index (κ3) is 1.53. The van der Waals surface area contributed by atoms with Gasteiger partial charge in [-0.05, 0) is 23.7 Å². The zero-order chi connectivity index (χ0) is 10.1. The van der Waals surface area contributed by atoms with Crippen molar-refractivity contribution in [3.63, 3.8) is 0 Å². The summed E-state index contributed by atoms with van der Waals surface area (Å²) in [6, 6.07) is 3.08. The van der Waals surface area contributed by atoms with Crippen molar-refractivity contribution in [2.24, 2.45) is 0 Å². The largest absolute Gasteiger partial charge is 0.485 e. The Morgan fingerprint density at radius 1 is 1.21 bits per heavy atom. The Labute approximate surface area is 90.5 Å². The summed E-state index contributed by atoms with van der Waals surface area (Å²) in [4.78, 5) is 11.0. The SMILES string of the molecule is O=C(Cl)c1ccc(Cl)c2c1OCCO2. The molecule has 1 aliphatic rings. The van der Waals surface area contributed by atoms with E-state index in [2.05, 4.69) is 0 Å². The van der Waals surface area contributed by atoms with E-state index in [4.69, 9.17) is 32.7 Å². The fraction of sp³-hybridized carbons (Fsp3) is 0.222. The van der Waals surface area contributed by atoms with Crippen molar-refractivity contribution in [2.75, 3.05) is 13.2 Å². The quantitative estimate of drug-likeness (QED) is 0.699. The van der Waals surface area contributed by atoms with Crippen LogP contribution in [-0.2, 0) is 0 Å². The zero-order valence-electron chi connectivity index (χ0n) is 7.05. The molecule has 0 atom stereocenters. The molecule has 1 aromatic carbocycles. The maximum Gasteiger partial charge on any atom is 0.256 e. The van der Waals surface area contributed by atoms with E-state index in [-0.39, 0.29) is 5.56 Å². The molecule has 0 saturated carbocycles. The third-order valence-electron chi connectivity index (χ3n) is 1.85.